The van der Waals surface area contributed by atoms with Crippen LogP contribution in [0.1, 0.15) is 41.6 Å². The molecule has 2 atom stereocenters. The van der Waals surface area contributed by atoms with Crippen molar-refractivity contribution in [1.82, 2.24) is 30.9 Å². The summed E-state index contributed by atoms with van der Waals surface area (Å²) in [6, 6.07) is 10.5. The molecule has 15 nitrogen and oxygen atoms in total. The molecule has 2 aromatic carbocycles. The highest BCUT2D eigenvalue weighted by Crippen LogP contribution is 2.48. The van der Waals surface area contributed by atoms with Crippen LogP contribution in [0.15, 0.2) is 48.5 Å². The van der Waals surface area contributed by atoms with Crippen LogP contribution >= 0.6 is 11.6 Å². The molecule has 1 aliphatic heterocycles. The summed E-state index contributed by atoms with van der Waals surface area (Å²) in [6.07, 6.45) is -1.84. The molecule has 0 radical (unpaired) electrons. The number of aliphatic carboxylic acids is 1. The summed E-state index contributed by atoms with van der Waals surface area (Å²) in [5, 5.41) is 23.0. The Hall–Kier alpha value is -5.23. The minimum atomic E-state index is -4.64. The highest BCUT2D eigenvalue weighted by atomic mass is 35.5. The van der Waals surface area contributed by atoms with Crippen LogP contribution in [0.4, 0.5) is 30.8 Å². The molecule has 2 fully saturated rings. The number of ether oxygens (including phenoxy) is 2. The lowest BCUT2D eigenvalue weighted by Crippen LogP contribution is -2.51. The molecule has 0 bridgehead atoms. The number of alkyl halides is 3. The number of carboxylic acids is 1. The average molecular weight is 721 g/mol. The van der Waals surface area contributed by atoms with Crippen LogP contribution in [0.3, 0.4) is 0 Å². The largest absolute Gasteiger partial charge is 0.480 e. The Labute approximate surface area is 287 Å². The first-order chi connectivity index (χ1) is 23.8. The Morgan fingerprint density at radius 3 is 2.28 bits per heavy atom. The van der Waals surface area contributed by atoms with Crippen LogP contribution in [-0.4, -0.2) is 88.4 Å². The van der Waals surface area contributed by atoms with E-state index in [-0.39, 0.29) is 30.1 Å². The third-order valence-corrected chi connectivity index (χ3v) is 7.92. The number of amides is 3. The fourth-order valence-electron chi connectivity index (χ4n) is 4.92. The first-order valence-electron chi connectivity index (χ1n) is 15.4. The number of halogens is 4. The number of hydrogen-bond donors (Lipinski definition) is 6. The monoisotopic (exact) mass is 720 g/mol. The molecule has 50 heavy (non-hydrogen) atoms. The zero-order valence-electron chi connectivity index (χ0n) is 26.2. The van der Waals surface area contributed by atoms with E-state index in [1.165, 1.54) is 24.3 Å². The SMILES string of the molecule is O=C(NCC1CCCO1)C(=O)NC[C@@H](NC(=O)c1ccc(Nc2nc(NC3(c4ccc(Cl)cc4)CC3)nc(OCC(F)(F)F)n2)cc1)C(=O)O. The lowest BCUT2D eigenvalue weighted by atomic mass is 10.1. The molecule has 19 heteroatoms. The highest BCUT2D eigenvalue weighted by Gasteiger charge is 2.45. The number of carbonyl (C=O) groups is 4. The zero-order valence-corrected chi connectivity index (χ0v) is 26.9. The summed E-state index contributed by atoms with van der Waals surface area (Å²) in [6.45, 7) is -1.49. The van der Waals surface area contributed by atoms with E-state index in [9.17, 15) is 37.5 Å². The average Bonchev–Trinajstić information content (AvgIpc) is 3.65. The Bertz CT molecular complexity index is 1700. The van der Waals surface area contributed by atoms with Crippen LogP contribution in [-0.2, 0) is 24.7 Å². The van der Waals surface area contributed by atoms with Gasteiger partial charge in [0.2, 0.25) is 11.9 Å². The van der Waals surface area contributed by atoms with Gasteiger partial charge in [0.05, 0.1) is 11.6 Å². The molecule has 3 aromatic rings. The molecule has 2 heterocycles. The number of anilines is 3. The minimum Gasteiger partial charge on any atom is -0.480 e. The Morgan fingerprint density at radius 2 is 1.66 bits per heavy atom. The van der Waals surface area contributed by atoms with Crippen molar-refractivity contribution in [2.45, 2.75) is 49.5 Å². The Kier molecular flexibility index (Phi) is 11.2. The Morgan fingerprint density at radius 1 is 0.980 bits per heavy atom. The van der Waals surface area contributed by atoms with Crippen LogP contribution < -0.4 is 31.3 Å². The predicted octanol–water partition coefficient (Wildman–Crippen LogP) is 2.91. The number of carbonyl (C=O) groups excluding carboxylic acids is 3. The van der Waals surface area contributed by atoms with Gasteiger partial charge in [-0.05, 0) is 67.6 Å². The van der Waals surface area contributed by atoms with Crippen molar-refractivity contribution in [3.8, 4) is 6.01 Å². The smallest absolute Gasteiger partial charge is 0.422 e. The maximum Gasteiger partial charge on any atom is 0.422 e. The second-order valence-corrected chi connectivity index (χ2v) is 11.9. The van der Waals surface area contributed by atoms with Gasteiger partial charge in [0.1, 0.15) is 6.04 Å². The second-order valence-electron chi connectivity index (χ2n) is 11.5. The number of nitrogens with zero attached hydrogens (tertiary/aromatic N) is 3. The summed E-state index contributed by atoms with van der Waals surface area (Å²) in [5.41, 5.74) is 0.669. The zero-order chi connectivity index (χ0) is 35.9. The summed E-state index contributed by atoms with van der Waals surface area (Å²) in [4.78, 5) is 61.0. The molecule has 1 saturated heterocycles. The van der Waals surface area contributed by atoms with E-state index in [1.807, 2.05) is 12.1 Å². The van der Waals surface area contributed by atoms with Crippen molar-refractivity contribution in [3.63, 3.8) is 0 Å². The first kappa shape index (κ1) is 36.1. The van der Waals surface area contributed by atoms with Crippen LogP contribution in [0, 0.1) is 0 Å². The quantitative estimate of drug-likeness (QED) is 0.133. The van der Waals surface area contributed by atoms with E-state index >= 15 is 0 Å². The fraction of sp³-hybridized carbons (Fsp3) is 0.387. The van der Waals surface area contributed by atoms with Gasteiger partial charge in [-0.2, -0.15) is 28.1 Å². The number of benzene rings is 2. The van der Waals surface area contributed by atoms with Gasteiger partial charge in [-0.1, -0.05) is 23.7 Å². The Balaban J connectivity index is 1.21. The lowest BCUT2D eigenvalue weighted by Gasteiger charge is -2.19. The van der Waals surface area contributed by atoms with Crippen molar-refractivity contribution >= 4 is 52.9 Å². The van der Waals surface area contributed by atoms with Gasteiger partial charge in [0, 0.05) is 36.0 Å². The van der Waals surface area contributed by atoms with Crippen LogP contribution in [0.5, 0.6) is 6.01 Å². The summed E-state index contributed by atoms with van der Waals surface area (Å²) < 4.78 is 48.9. The molecule has 1 saturated carbocycles. The normalized spacial score (nSPS) is 16.8. The van der Waals surface area contributed by atoms with Crippen molar-refractivity contribution in [1.29, 1.82) is 0 Å². The maximum atomic E-state index is 12.9. The molecule has 1 unspecified atom stereocenters. The summed E-state index contributed by atoms with van der Waals surface area (Å²) >= 11 is 6.01. The number of carboxylic acid groups (broad SMARTS) is 1. The van der Waals surface area contributed by atoms with E-state index in [0.29, 0.717) is 30.2 Å². The van der Waals surface area contributed by atoms with Gasteiger partial charge in [-0.15, -0.1) is 0 Å². The van der Waals surface area contributed by atoms with E-state index in [4.69, 9.17) is 21.1 Å². The molecule has 3 amide bonds. The predicted molar refractivity (Wildman–Crippen MR) is 171 cm³/mol. The van der Waals surface area contributed by atoms with Gasteiger partial charge < -0.3 is 41.2 Å². The van der Waals surface area contributed by atoms with Crippen molar-refractivity contribution in [2.24, 2.45) is 0 Å². The minimum absolute atomic E-state index is 0.0354. The molecule has 1 aliphatic carbocycles. The van der Waals surface area contributed by atoms with Gasteiger partial charge in [-0.25, -0.2) is 4.79 Å². The van der Waals surface area contributed by atoms with Gasteiger partial charge >= 0.3 is 30.0 Å². The molecule has 1 aromatic heterocycles. The number of hydrogen-bond acceptors (Lipinski definition) is 11. The van der Waals surface area contributed by atoms with Crippen molar-refractivity contribution in [2.75, 3.05) is 36.9 Å². The summed E-state index contributed by atoms with van der Waals surface area (Å²) in [7, 11) is 0. The van der Waals surface area contributed by atoms with Crippen LogP contribution in [0.2, 0.25) is 5.02 Å². The second kappa shape index (κ2) is 15.5. The lowest BCUT2D eigenvalue weighted by molar-refractivity contribution is -0.154. The molecule has 6 N–H and O–H groups in total. The summed E-state index contributed by atoms with van der Waals surface area (Å²) in [5.74, 6) is -4.50. The van der Waals surface area contributed by atoms with Crippen LogP contribution in [0.25, 0.3) is 0 Å². The number of nitrogens with one attached hydrogen (secondary N) is 5. The molecule has 266 valence electrons. The van der Waals surface area contributed by atoms with E-state index < -0.39 is 60.6 Å². The third-order valence-electron chi connectivity index (χ3n) is 7.67. The molecular formula is C31H32ClF3N8O7. The van der Waals surface area contributed by atoms with E-state index in [2.05, 4.69) is 41.5 Å². The van der Waals surface area contributed by atoms with E-state index in [1.54, 1.807) is 12.1 Å². The maximum absolute atomic E-state index is 12.9. The topological polar surface area (TPSA) is 206 Å². The van der Waals surface area contributed by atoms with Gasteiger partial charge in [-0.3, -0.25) is 14.4 Å². The number of aromatic nitrogens is 3. The third kappa shape index (κ3) is 10.1. The first-order valence-corrected chi connectivity index (χ1v) is 15.7. The fourth-order valence-corrected chi connectivity index (χ4v) is 5.04. The van der Waals surface area contributed by atoms with Crippen molar-refractivity contribution < 1.29 is 46.9 Å². The highest BCUT2D eigenvalue weighted by molar-refractivity contribution is 6.35. The van der Waals surface area contributed by atoms with Crippen molar-refractivity contribution in [3.05, 3.63) is 64.7 Å². The molecule has 2 aliphatic rings. The number of rotatable bonds is 14. The van der Waals surface area contributed by atoms with Gasteiger partial charge in [0.25, 0.3) is 5.91 Å². The standard InChI is InChI=1S/C31H32ClF3N8O7/c32-19-7-5-18(6-8-19)30(11-12-30)43-28-40-27(41-29(42-28)50-16-31(33,34)35)38-20-9-3-17(4-10-20)23(44)39-22(26(47)48)15-37-25(46)24(45)36-14-21-2-1-13-49-21/h3-10,21-22H,1-2,11-16H2,(H,36,45)(H,37,46)(H,39,44)(H,47,48)(H2,38,40,41,42,43)/t21?,22-/m1/s1. The molecular weight excluding hydrogens is 689 g/mol. The molecule has 5 rings (SSSR count). The van der Waals surface area contributed by atoms with E-state index in [0.717, 1.165) is 18.4 Å². The van der Waals surface area contributed by atoms with Gasteiger partial charge in [0.15, 0.2) is 6.61 Å². The molecule has 0 spiro atoms.